The first-order valence-electron chi connectivity index (χ1n) is 5.67. The molecule has 0 aliphatic rings. The van der Waals surface area contributed by atoms with Gasteiger partial charge in [0.05, 0.1) is 5.92 Å². The minimum Gasteiger partial charge on any atom is -0.481 e. The number of hydrogen-bond acceptors (Lipinski definition) is 2. The molecular weight excluding hydrogens is 208 g/mol. The molecular formula is C11H22N2O3. The van der Waals surface area contributed by atoms with Crippen molar-refractivity contribution in [3.63, 3.8) is 0 Å². The third-order valence-electron chi connectivity index (χ3n) is 2.33. The van der Waals surface area contributed by atoms with Crippen molar-refractivity contribution in [2.24, 2.45) is 5.92 Å². The number of carbonyl (C=O) groups excluding carboxylic acids is 1. The Kier molecular flexibility index (Phi) is 6.53. The highest BCUT2D eigenvalue weighted by Gasteiger charge is 2.18. The van der Waals surface area contributed by atoms with E-state index >= 15 is 0 Å². The van der Waals surface area contributed by atoms with Crippen LogP contribution in [0.3, 0.4) is 0 Å². The molecule has 0 aliphatic heterocycles. The summed E-state index contributed by atoms with van der Waals surface area (Å²) in [6.45, 7) is 8.31. The quantitative estimate of drug-likeness (QED) is 0.727. The molecule has 2 amide bonds. The molecule has 1 unspecified atom stereocenters. The van der Waals surface area contributed by atoms with Crippen molar-refractivity contribution < 1.29 is 14.7 Å². The Labute approximate surface area is 96.8 Å². The Morgan fingerprint density at radius 2 is 1.88 bits per heavy atom. The highest BCUT2D eigenvalue weighted by Crippen LogP contribution is 2.01. The van der Waals surface area contributed by atoms with E-state index in [0.717, 1.165) is 6.42 Å². The average molecular weight is 230 g/mol. The lowest BCUT2D eigenvalue weighted by atomic mass is 10.2. The molecule has 0 radical (unpaired) electrons. The van der Waals surface area contributed by atoms with Crippen LogP contribution < -0.4 is 5.32 Å². The van der Waals surface area contributed by atoms with E-state index in [1.165, 1.54) is 0 Å². The Morgan fingerprint density at radius 1 is 1.31 bits per heavy atom. The van der Waals surface area contributed by atoms with E-state index in [9.17, 15) is 9.59 Å². The standard InChI is InChI=1S/C11H22N2O3/c1-5-6-13(8(2)3)11(16)12-7-9(4)10(14)15/h8-9H,5-7H2,1-4H3,(H,12,16)(H,14,15). The monoisotopic (exact) mass is 230 g/mol. The lowest BCUT2D eigenvalue weighted by Crippen LogP contribution is -2.46. The van der Waals surface area contributed by atoms with Crippen molar-refractivity contribution in [3.8, 4) is 0 Å². The average Bonchev–Trinajstić information content (AvgIpc) is 2.21. The van der Waals surface area contributed by atoms with Crippen LogP contribution in [0, 0.1) is 5.92 Å². The van der Waals surface area contributed by atoms with Gasteiger partial charge >= 0.3 is 12.0 Å². The van der Waals surface area contributed by atoms with Gasteiger partial charge in [-0.25, -0.2) is 4.79 Å². The van der Waals surface area contributed by atoms with Crippen molar-refractivity contribution >= 4 is 12.0 Å². The second kappa shape index (κ2) is 7.09. The molecule has 0 aromatic heterocycles. The smallest absolute Gasteiger partial charge is 0.317 e. The van der Waals surface area contributed by atoms with Crippen molar-refractivity contribution in [1.82, 2.24) is 10.2 Å². The van der Waals surface area contributed by atoms with Gasteiger partial charge in [0.1, 0.15) is 0 Å². The van der Waals surface area contributed by atoms with Crippen molar-refractivity contribution in [1.29, 1.82) is 0 Å². The second-order valence-corrected chi connectivity index (χ2v) is 4.21. The fraction of sp³-hybridized carbons (Fsp3) is 0.818. The summed E-state index contributed by atoms with van der Waals surface area (Å²) in [6, 6.07) is -0.0648. The van der Waals surface area contributed by atoms with E-state index in [4.69, 9.17) is 5.11 Å². The topological polar surface area (TPSA) is 69.6 Å². The molecule has 0 spiro atoms. The van der Waals surface area contributed by atoms with Crippen LogP contribution in [0.15, 0.2) is 0 Å². The Morgan fingerprint density at radius 3 is 2.25 bits per heavy atom. The lowest BCUT2D eigenvalue weighted by molar-refractivity contribution is -0.140. The van der Waals surface area contributed by atoms with Gasteiger partial charge in [0.2, 0.25) is 0 Å². The molecule has 0 aromatic rings. The van der Waals surface area contributed by atoms with Crippen LogP contribution in [-0.4, -0.2) is 41.1 Å². The summed E-state index contributed by atoms with van der Waals surface area (Å²) in [5.41, 5.74) is 0. The number of carbonyl (C=O) groups is 2. The summed E-state index contributed by atoms with van der Waals surface area (Å²) in [5, 5.41) is 11.3. The summed E-state index contributed by atoms with van der Waals surface area (Å²) in [6.07, 6.45) is 0.889. The van der Waals surface area contributed by atoms with Crippen LogP contribution in [0.4, 0.5) is 4.79 Å². The van der Waals surface area contributed by atoms with Crippen LogP contribution in [0.1, 0.15) is 34.1 Å². The number of carboxylic acids is 1. The molecule has 2 N–H and O–H groups in total. The molecule has 0 rings (SSSR count). The van der Waals surface area contributed by atoms with E-state index in [2.05, 4.69) is 5.32 Å². The predicted octanol–water partition coefficient (Wildman–Crippen LogP) is 1.54. The minimum absolute atomic E-state index is 0.125. The van der Waals surface area contributed by atoms with Crippen LogP contribution in [-0.2, 0) is 4.79 Å². The van der Waals surface area contributed by atoms with Crippen LogP contribution in [0.2, 0.25) is 0 Å². The van der Waals surface area contributed by atoms with E-state index in [1.54, 1.807) is 11.8 Å². The maximum atomic E-state index is 11.7. The Bertz CT molecular complexity index is 241. The van der Waals surface area contributed by atoms with Crippen molar-refractivity contribution in [2.45, 2.75) is 40.2 Å². The molecule has 16 heavy (non-hydrogen) atoms. The van der Waals surface area contributed by atoms with E-state index in [1.807, 2.05) is 20.8 Å². The fourth-order valence-corrected chi connectivity index (χ4v) is 1.26. The summed E-state index contributed by atoms with van der Waals surface area (Å²) < 4.78 is 0. The summed E-state index contributed by atoms with van der Waals surface area (Å²) in [5.74, 6) is -1.45. The summed E-state index contributed by atoms with van der Waals surface area (Å²) in [7, 11) is 0. The molecule has 94 valence electrons. The SMILES string of the molecule is CCCN(C(=O)NCC(C)C(=O)O)C(C)C. The maximum absolute atomic E-state index is 11.7. The van der Waals surface area contributed by atoms with E-state index < -0.39 is 11.9 Å². The van der Waals surface area contributed by atoms with E-state index in [0.29, 0.717) is 6.54 Å². The third-order valence-corrected chi connectivity index (χ3v) is 2.33. The molecule has 0 aliphatic carbocycles. The number of nitrogens with one attached hydrogen (secondary N) is 1. The molecule has 0 heterocycles. The number of nitrogens with zero attached hydrogens (tertiary/aromatic N) is 1. The number of carboxylic acid groups (broad SMARTS) is 1. The molecule has 0 aromatic carbocycles. The Hall–Kier alpha value is -1.26. The Balaban J connectivity index is 4.16. The van der Waals surface area contributed by atoms with Gasteiger partial charge in [-0.2, -0.15) is 0 Å². The molecule has 1 atom stereocenters. The molecule has 0 bridgehead atoms. The summed E-state index contributed by atoms with van der Waals surface area (Å²) in [4.78, 5) is 24.0. The van der Waals surface area contributed by atoms with Crippen LogP contribution in [0.25, 0.3) is 0 Å². The highest BCUT2D eigenvalue weighted by molar-refractivity contribution is 5.76. The zero-order valence-corrected chi connectivity index (χ0v) is 10.5. The van der Waals surface area contributed by atoms with E-state index in [-0.39, 0.29) is 18.6 Å². The van der Waals surface area contributed by atoms with Gasteiger partial charge in [0.15, 0.2) is 0 Å². The fourth-order valence-electron chi connectivity index (χ4n) is 1.26. The van der Waals surface area contributed by atoms with Crippen molar-refractivity contribution in [3.05, 3.63) is 0 Å². The second-order valence-electron chi connectivity index (χ2n) is 4.21. The molecule has 0 saturated carbocycles. The first-order chi connectivity index (χ1) is 7.40. The molecule has 5 nitrogen and oxygen atoms in total. The first kappa shape index (κ1) is 14.7. The largest absolute Gasteiger partial charge is 0.481 e. The first-order valence-corrected chi connectivity index (χ1v) is 5.67. The predicted molar refractivity (Wildman–Crippen MR) is 62.3 cm³/mol. The van der Waals surface area contributed by atoms with Gasteiger partial charge in [-0.1, -0.05) is 13.8 Å². The van der Waals surface area contributed by atoms with Gasteiger partial charge in [-0.3, -0.25) is 4.79 Å². The van der Waals surface area contributed by atoms with Gasteiger partial charge < -0.3 is 15.3 Å². The molecule has 0 fully saturated rings. The molecule has 5 heteroatoms. The maximum Gasteiger partial charge on any atom is 0.317 e. The van der Waals surface area contributed by atoms with Crippen LogP contribution >= 0.6 is 0 Å². The third kappa shape index (κ3) is 5.00. The van der Waals surface area contributed by atoms with Gasteiger partial charge in [-0.15, -0.1) is 0 Å². The number of rotatable bonds is 6. The van der Waals surface area contributed by atoms with Crippen molar-refractivity contribution in [2.75, 3.05) is 13.1 Å². The summed E-state index contributed by atoms with van der Waals surface area (Å²) >= 11 is 0. The zero-order valence-electron chi connectivity index (χ0n) is 10.5. The molecule has 0 saturated heterocycles. The zero-order chi connectivity index (χ0) is 12.7. The highest BCUT2D eigenvalue weighted by atomic mass is 16.4. The number of urea groups is 1. The number of hydrogen-bond donors (Lipinski definition) is 2. The normalized spacial score (nSPS) is 12.3. The van der Waals surface area contributed by atoms with Gasteiger partial charge in [0.25, 0.3) is 0 Å². The van der Waals surface area contributed by atoms with Gasteiger partial charge in [-0.05, 0) is 20.3 Å². The lowest BCUT2D eigenvalue weighted by Gasteiger charge is -2.26. The minimum atomic E-state index is -0.896. The number of amides is 2. The van der Waals surface area contributed by atoms with Gasteiger partial charge in [0, 0.05) is 19.1 Å². The number of aliphatic carboxylic acids is 1. The van der Waals surface area contributed by atoms with Crippen LogP contribution in [0.5, 0.6) is 0 Å².